The number of sulfonamides is 1. The second kappa shape index (κ2) is 12.5. The van der Waals surface area contributed by atoms with Gasteiger partial charge in [-0.1, -0.05) is 12.1 Å². The Balaban J connectivity index is 1.43. The van der Waals surface area contributed by atoms with Crippen molar-refractivity contribution in [2.45, 2.75) is 40.0 Å². The van der Waals surface area contributed by atoms with E-state index in [2.05, 4.69) is 10.6 Å². The molecule has 1 aromatic heterocycles. The molecule has 1 amide bonds. The molecule has 2 aromatic carbocycles. The van der Waals surface area contributed by atoms with Crippen molar-refractivity contribution >= 4 is 48.8 Å². The molecule has 3 aromatic rings. The van der Waals surface area contributed by atoms with Gasteiger partial charge < -0.3 is 20.5 Å². The number of amides is 1. The number of alkyl halides is 3. The Morgan fingerprint density at radius 3 is 2.37 bits per heavy atom. The third kappa shape index (κ3) is 6.95. The molecule has 232 valence electrons. The van der Waals surface area contributed by atoms with E-state index in [0.717, 1.165) is 27.8 Å². The first-order valence-corrected chi connectivity index (χ1v) is 16.4. The average Bonchev–Trinajstić information content (AvgIpc) is 3.41. The van der Waals surface area contributed by atoms with Crippen LogP contribution in [0.25, 0.3) is 0 Å². The van der Waals surface area contributed by atoms with E-state index in [1.54, 1.807) is 18.2 Å². The molecule has 2 heterocycles. The number of sulfone groups is 1. The summed E-state index contributed by atoms with van der Waals surface area (Å²) in [5, 5.41) is 16.7. The minimum absolute atomic E-state index is 0.0284. The van der Waals surface area contributed by atoms with Crippen molar-refractivity contribution in [3.05, 3.63) is 70.6 Å². The number of nitrogens with one attached hydrogen (secondary N) is 2. The molecule has 3 N–H and O–H groups in total. The van der Waals surface area contributed by atoms with Crippen molar-refractivity contribution in [1.29, 1.82) is 0 Å². The van der Waals surface area contributed by atoms with Gasteiger partial charge in [0.05, 0.1) is 17.6 Å². The lowest BCUT2D eigenvalue weighted by Crippen LogP contribution is -2.42. The lowest BCUT2D eigenvalue weighted by Gasteiger charge is -2.32. The molecular formula is C26H26F3N3O8S3. The third-order valence-corrected chi connectivity index (χ3v) is 11.6. The molecule has 0 spiro atoms. The van der Waals surface area contributed by atoms with Gasteiger partial charge in [0.1, 0.15) is 9.96 Å². The molecule has 1 aliphatic rings. The molecule has 0 radical (unpaired) electrons. The van der Waals surface area contributed by atoms with Crippen LogP contribution < -0.4 is 15.4 Å². The number of rotatable bonds is 10. The second-order valence-corrected chi connectivity index (χ2v) is 14.4. The van der Waals surface area contributed by atoms with Crippen LogP contribution >= 0.6 is 11.3 Å². The summed E-state index contributed by atoms with van der Waals surface area (Å²) in [6, 6.07) is 10.2. The van der Waals surface area contributed by atoms with Gasteiger partial charge in [0.25, 0.3) is 25.8 Å². The van der Waals surface area contributed by atoms with Crippen molar-refractivity contribution in [2.75, 3.05) is 25.5 Å². The Morgan fingerprint density at radius 1 is 1.07 bits per heavy atom. The number of aromatic carboxylic acids is 1. The lowest BCUT2D eigenvalue weighted by atomic mass is 10.1. The summed E-state index contributed by atoms with van der Waals surface area (Å²) in [4.78, 5) is 23.8. The predicted octanol–water partition coefficient (Wildman–Crippen LogP) is 3.94. The van der Waals surface area contributed by atoms with Gasteiger partial charge in [-0.2, -0.15) is 17.5 Å². The number of benzene rings is 2. The van der Waals surface area contributed by atoms with Gasteiger partial charge in [0, 0.05) is 36.9 Å². The van der Waals surface area contributed by atoms with Crippen molar-refractivity contribution in [3.8, 4) is 5.75 Å². The number of nitrogens with zero attached hydrogens (tertiary/aromatic N) is 1. The molecule has 0 unspecified atom stereocenters. The number of carbonyl (C=O) groups is 2. The number of piperidine rings is 1. The summed E-state index contributed by atoms with van der Waals surface area (Å²) in [7, 11) is -8.34. The standard InChI is InChI=1S/C26H26F3N3O8S3/c1-40-20-6-2-4-16(12-20)23(33)30-14-17-15-41-25(22(17)24(34)35)43(38,39)32-10-8-18(9-11-32)31-19-5-3-7-21(13-19)42(36,37)26(27,28)29/h2-7,12-13,15,18,31H,8-11,14H2,1H3,(H,30,33)(H,34,35). The number of hydrogen-bond donors (Lipinski definition) is 3. The quantitative estimate of drug-likeness (QED) is 0.293. The number of thiophene rings is 1. The van der Waals surface area contributed by atoms with Crippen LogP contribution in [-0.4, -0.2) is 69.9 Å². The first-order valence-electron chi connectivity index (χ1n) is 12.6. The van der Waals surface area contributed by atoms with Gasteiger partial charge in [-0.15, -0.1) is 11.3 Å². The summed E-state index contributed by atoms with van der Waals surface area (Å²) in [5.41, 5.74) is -5.40. The summed E-state index contributed by atoms with van der Waals surface area (Å²) in [6.45, 7) is -0.294. The number of anilines is 1. The van der Waals surface area contributed by atoms with Crippen molar-refractivity contribution in [2.24, 2.45) is 0 Å². The van der Waals surface area contributed by atoms with Crippen molar-refractivity contribution in [3.63, 3.8) is 0 Å². The zero-order valence-electron chi connectivity index (χ0n) is 22.4. The van der Waals surface area contributed by atoms with Gasteiger partial charge >= 0.3 is 11.5 Å². The smallest absolute Gasteiger partial charge is 0.497 e. The van der Waals surface area contributed by atoms with Crippen LogP contribution in [0.3, 0.4) is 0 Å². The average molecular weight is 662 g/mol. The van der Waals surface area contributed by atoms with Gasteiger partial charge in [0.2, 0.25) is 0 Å². The Hall–Kier alpha value is -3.67. The molecule has 0 saturated carbocycles. The highest BCUT2D eigenvalue weighted by atomic mass is 32.2. The van der Waals surface area contributed by atoms with Gasteiger partial charge in [0.15, 0.2) is 0 Å². The largest absolute Gasteiger partial charge is 0.501 e. The number of ether oxygens (including phenoxy) is 1. The fourth-order valence-corrected chi connectivity index (χ4v) is 8.38. The summed E-state index contributed by atoms with van der Waals surface area (Å²) < 4.78 is 95.0. The summed E-state index contributed by atoms with van der Waals surface area (Å²) in [5.74, 6) is -1.54. The Morgan fingerprint density at radius 2 is 1.74 bits per heavy atom. The van der Waals surface area contributed by atoms with E-state index < -0.39 is 47.7 Å². The fraction of sp³-hybridized carbons (Fsp3) is 0.308. The molecule has 0 atom stereocenters. The van der Waals surface area contributed by atoms with Crippen LogP contribution in [0.5, 0.6) is 5.75 Å². The Bertz CT molecular complexity index is 1730. The summed E-state index contributed by atoms with van der Waals surface area (Å²) in [6.07, 6.45) is 0.430. The Labute approximate surface area is 249 Å². The van der Waals surface area contributed by atoms with E-state index in [0.29, 0.717) is 5.75 Å². The second-order valence-electron chi connectivity index (χ2n) is 9.44. The predicted molar refractivity (Wildman–Crippen MR) is 151 cm³/mol. The highest BCUT2D eigenvalue weighted by Crippen LogP contribution is 2.34. The number of carboxylic acid groups (broad SMARTS) is 1. The van der Waals surface area contributed by atoms with Crippen LogP contribution in [0.4, 0.5) is 18.9 Å². The zero-order chi connectivity index (χ0) is 31.6. The minimum Gasteiger partial charge on any atom is -0.497 e. The van der Waals surface area contributed by atoms with E-state index >= 15 is 0 Å². The van der Waals surface area contributed by atoms with Crippen molar-refractivity contribution < 1.29 is 49.4 Å². The van der Waals surface area contributed by atoms with E-state index in [9.17, 15) is 44.7 Å². The fourth-order valence-electron chi connectivity index (χ4n) is 4.44. The van der Waals surface area contributed by atoms with Crippen LogP contribution in [0.1, 0.15) is 39.1 Å². The lowest BCUT2D eigenvalue weighted by molar-refractivity contribution is -0.0436. The van der Waals surface area contributed by atoms with Crippen LogP contribution in [0, 0.1) is 0 Å². The summed E-state index contributed by atoms with van der Waals surface area (Å²) >= 11 is 0.722. The SMILES string of the molecule is COc1cccc(C(=O)NCc2csc(S(=O)(=O)N3CCC(Nc4cccc(S(=O)(=O)C(F)(F)F)c4)CC3)c2C(=O)O)c1. The number of hydrogen-bond acceptors (Lipinski definition) is 9. The van der Waals surface area contributed by atoms with Crippen LogP contribution in [0.2, 0.25) is 0 Å². The molecule has 11 nitrogen and oxygen atoms in total. The highest BCUT2D eigenvalue weighted by Gasteiger charge is 2.47. The van der Waals surface area contributed by atoms with E-state index in [4.69, 9.17) is 4.74 Å². The third-order valence-electron chi connectivity index (χ3n) is 6.67. The first-order chi connectivity index (χ1) is 20.1. The van der Waals surface area contributed by atoms with Crippen LogP contribution in [0.15, 0.2) is 63.0 Å². The first kappa shape index (κ1) is 32.2. The molecule has 1 aliphatic heterocycles. The van der Waals surface area contributed by atoms with Gasteiger partial charge in [-0.25, -0.2) is 21.6 Å². The van der Waals surface area contributed by atoms with Crippen molar-refractivity contribution in [1.82, 2.24) is 9.62 Å². The highest BCUT2D eigenvalue weighted by molar-refractivity contribution is 7.92. The topological polar surface area (TPSA) is 159 Å². The molecule has 43 heavy (non-hydrogen) atoms. The Kier molecular flexibility index (Phi) is 9.39. The molecule has 0 aliphatic carbocycles. The number of carboxylic acids is 1. The minimum atomic E-state index is -5.54. The number of carbonyl (C=O) groups excluding carboxylic acids is 1. The monoisotopic (exact) mass is 661 g/mol. The normalized spacial score (nSPS) is 15.2. The van der Waals surface area contributed by atoms with Gasteiger partial charge in [-0.05, 0) is 60.2 Å². The van der Waals surface area contributed by atoms with Gasteiger partial charge in [-0.3, -0.25) is 4.79 Å². The molecule has 1 fully saturated rings. The molecule has 17 heteroatoms. The maximum absolute atomic E-state index is 13.4. The molecule has 4 rings (SSSR count). The maximum atomic E-state index is 13.4. The molecular weight excluding hydrogens is 635 g/mol. The van der Waals surface area contributed by atoms with E-state index in [1.165, 1.54) is 30.7 Å². The maximum Gasteiger partial charge on any atom is 0.501 e. The van der Waals surface area contributed by atoms with E-state index in [-0.39, 0.29) is 59.5 Å². The molecule has 0 bridgehead atoms. The molecule has 1 saturated heterocycles. The van der Waals surface area contributed by atoms with Crippen LogP contribution in [-0.2, 0) is 26.4 Å². The number of methoxy groups -OCH3 is 1. The number of halogens is 3. The van der Waals surface area contributed by atoms with E-state index in [1.807, 2.05) is 0 Å². The zero-order valence-corrected chi connectivity index (χ0v) is 24.9.